The fraction of sp³-hybridized carbons (Fsp3) is 0.143. The van der Waals surface area contributed by atoms with Crippen LogP contribution < -0.4 is 5.32 Å². The molecule has 0 atom stereocenters. The van der Waals surface area contributed by atoms with Gasteiger partial charge >= 0.3 is 0 Å². The predicted molar refractivity (Wildman–Crippen MR) is 78.3 cm³/mol. The fourth-order valence-corrected chi connectivity index (χ4v) is 2.78. The Bertz CT molecular complexity index is 649. The van der Waals surface area contributed by atoms with Gasteiger partial charge in [-0.2, -0.15) is 0 Å². The molecule has 0 aromatic heterocycles. The van der Waals surface area contributed by atoms with Crippen molar-refractivity contribution in [2.24, 2.45) is 0 Å². The molecule has 1 N–H and O–H groups in total. The Morgan fingerprint density at radius 3 is 2.16 bits per heavy atom. The predicted octanol–water partition coefficient (Wildman–Crippen LogP) is 3.49. The lowest BCUT2D eigenvalue weighted by Crippen LogP contribution is -2.14. The molecule has 0 amide bonds. The molecule has 0 fully saturated rings. The number of benzene rings is 2. The SMILES string of the molecule is Cc1ccc(NCS(=O)(=O)c2ccc(Cl)cc2)cc1. The Balaban J connectivity index is 2.09. The molecule has 0 radical (unpaired) electrons. The van der Waals surface area contributed by atoms with E-state index >= 15 is 0 Å². The van der Waals surface area contributed by atoms with Gasteiger partial charge in [-0.25, -0.2) is 8.42 Å². The first-order valence-corrected chi connectivity index (χ1v) is 7.79. The molecule has 2 aromatic rings. The number of halogens is 1. The first-order chi connectivity index (χ1) is 8.97. The lowest BCUT2D eigenvalue weighted by molar-refractivity contribution is 0.598. The summed E-state index contributed by atoms with van der Waals surface area (Å²) in [5.74, 6) is -0.141. The van der Waals surface area contributed by atoms with Crippen LogP contribution >= 0.6 is 11.6 Å². The Morgan fingerprint density at radius 1 is 1.00 bits per heavy atom. The van der Waals surface area contributed by atoms with E-state index in [9.17, 15) is 8.42 Å². The van der Waals surface area contributed by atoms with Crippen LogP contribution in [0, 0.1) is 6.92 Å². The van der Waals surface area contributed by atoms with E-state index in [1.165, 1.54) is 12.1 Å². The lowest BCUT2D eigenvalue weighted by Gasteiger charge is -2.08. The summed E-state index contributed by atoms with van der Waals surface area (Å²) < 4.78 is 24.2. The standard InChI is InChI=1S/C14H14ClNO2S/c1-11-2-6-13(7-3-11)16-10-19(17,18)14-8-4-12(15)5-9-14/h2-9,16H,10H2,1H3. The van der Waals surface area contributed by atoms with Crippen LogP contribution in [-0.4, -0.2) is 14.3 Å². The molecule has 0 saturated carbocycles. The Morgan fingerprint density at radius 2 is 1.58 bits per heavy atom. The summed E-state index contributed by atoms with van der Waals surface area (Å²) in [5.41, 5.74) is 1.91. The maximum Gasteiger partial charge on any atom is 0.196 e. The maximum atomic E-state index is 12.1. The highest BCUT2D eigenvalue weighted by Gasteiger charge is 2.13. The minimum atomic E-state index is -3.36. The highest BCUT2D eigenvalue weighted by Crippen LogP contribution is 2.16. The number of rotatable bonds is 4. The number of hydrogen-bond donors (Lipinski definition) is 1. The molecule has 0 heterocycles. The molecule has 0 aliphatic rings. The van der Waals surface area contributed by atoms with Crippen LogP contribution in [0.3, 0.4) is 0 Å². The van der Waals surface area contributed by atoms with E-state index in [0.717, 1.165) is 11.3 Å². The highest BCUT2D eigenvalue weighted by molar-refractivity contribution is 7.91. The van der Waals surface area contributed by atoms with E-state index in [-0.39, 0.29) is 10.8 Å². The molecule has 19 heavy (non-hydrogen) atoms. The molecular formula is C14H14ClNO2S. The Kier molecular flexibility index (Phi) is 4.12. The molecule has 0 aliphatic carbocycles. The number of hydrogen-bond acceptors (Lipinski definition) is 3. The van der Waals surface area contributed by atoms with Crippen LogP contribution in [0.25, 0.3) is 0 Å². The van der Waals surface area contributed by atoms with Crippen molar-refractivity contribution in [1.82, 2.24) is 0 Å². The minimum Gasteiger partial charge on any atom is -0.371 e. The lowest BCUT2D eigenvalue weighted by atomic mass is 10.2. The van der Waals surface area contributed by atoms with Crippen molar-refractivity contribution >= 4 is 27.1 Å². The average molecular weight is 296 g/mol. The van der Waals surface area contributed by atoms with Crippen molar-refractivity contribution < 1.29 is 8.42 Å². The van der Waals surface area contributed by atoms with Gasteiger partial charge in [0.2, 0.25) is 0 Å². The van der Waals surface area contributed by atoms with Crippen LogP contribution in [0.2, 0.25) is 5.02 Å². The third-order valence-corrected chi connectivity index (χ3v) is 4.46. The van der Waals surface area contributed by atoms with Gasteiger partial charge in [-0.1, -0.05) is 29.3 Å². The molecule has 5 heteroatoms. The van der Waals surface area contributed by atoms with Gasteiger partial charge in [-0.15, -0.1) is 0 Å². The molecule has 0 unspecified atom stereocenters. The van der Waals surface area contributed by atoms with Gasteiger partial charge in [0.15, 0.2) is 9.84 Å². The van der Waals surface area contributed by atoms with Gasteiger partial charge in [-0.3, -0.25) is 0 Å². The molecule has 2 aromatic carbocycles. The maximum absolute atomic E-state index is 12.1. The quantitative estimate of drug-likeness (QED) is 0.939. The molecule has 2 rings (SSSR count). The molecule has 100 valence electrons. The molecule has 0 bridgehead atoms. The number of aryl methyl sites for hydroxylation is 1. The largest absolute Gasteiger partial charge is 0.371 e. The van der Waals surface area contributed by atoms with Gasteiger partial charge in [0, 0.05) is 10.7 Å². The average Bonchev–Trinajstić information content (AvgIpc) is 2.39. The zero-order valence-corrected chi connectivity index (χ0v) is 12.0. The zero-order valence-electron chi connectivity index (χ0n) is 10.4. The first kappa shape index (κ1) is 13.9. The van der Waals surface area contributed by atoms with Crippen LogP contribution in [0.1, 0.15) is 5.56 Å². The summed E-state index contributed by atoms with van der Waals surface area (Å²) in [6, 6.07) is 13.7. The van der Waals surface area contributed by atoms with Gasteiger partial charge in [-0.05, 0) is 43.3 Å². The van der Waals surface area contributed by atoms with Crippen LogP contribution in [0.5, 0.6) is 0 Å². The second kappa shape index (κ2) is 5.63. The Hall–Kier alpha value is -1.52. The molecule has 3 nitrogen and oxygen atoms in total. The van der Waals surface area contributed by atoms with Gasteiger partial charge < -0.3 is 5.32 Å². The van der Waals surface area contributed by atoms with Crippen LogP contribution in [0.4, 0.5) is 5.69 Å². The minimum absolute atomic E-state index is 0.141. The van der Waals surface area contributed by atoms with Crippen molar-refractivity contribution in [2.45, 2.75) is 11.8 Å². The molecule has 0 aliphatic heterocycles. The van der Waals surface area contributed by atoms with E-state index in [4.69, 9.17) is 11.6 Å². The van der Waals surface area contributed by atoms with Crippen molar-refractivity contribution in [2.75, 3.05) is 11.2 Å². The highest BCUT2D eigenvalue weighted by atomic mass is 35.5. The number of sulfone groups is 1. The second-order valence-electron chi connectivity index (χ2n) is 4.26. The summed E-state index contributed by atoms with van der Waals surface area (Å²) in [6.07, 6.45) is 0. The Labute approximate surface area is 118 Å². The summed E-state index contributed by atoms with van der Waals surface area (Å²) in [6.45, 7) is 1.98. The van der Waals surface area contributed by atoms with Crippen molar-refractivity contribution in [3.05, 3.63) is 59.1 Å². The van der Waals surface area contributed by atoms with Crippen LogP contribution in [-0.2, 0) is 9.84 Å². The topological polar surface area (TPSA) is 46.2 Å². The van der Waals surface area contributed by atoms with Crippen molar-refractivity contribution in [1.29, 1.82) is 0 Å². The molecular weight excluding hydrogens is 282 g/mol. The molecule has 0 spiro atoms. The summed E-state index contributed by atoms with van der Waals surface area (Å²) in [7, 11) is -3.36. The monoisotopic (exact) mass is 295 g/mol. The van der Waals surface area contributed by atoms with E-state index in [0.29, 0.717) is 5.02 Å². The first-order valence-electron chi connectivity index (χ1n) is 5.76. The summed E-state index contributed by atoms with van der Waals surface area (Å²) in [5, 5.41) is 3.42. The number of anilines is 1. The van der Waals surface area contributed by atoms with E-state index in [2.05, 4.69) is 5.32 Å². The van der Waals surface area contributed by atoms with Crippen molar-refractivity contribution in [3.8, 4) is 0 Å². The van der Waals surface area contributed by atoms with Gasteiger partial charge in [0.25, 0.3) is 0 Å². The van der Waals surface area contributed by atoms with E-state index < -0.39 is 9.84 Å². The third-order valence-electron chi connectivity index (χ3n) is 2.69. The summed E-state index contributed by atoms with van der Waals surface area (Å²) in [4.78, 5) is 0.261. The van der Waals surface area contributed by atoms with E-state index in [1.807, 2.05) is 31.2 Å². The number of nitrogens with one attached hydrogen (secondary N) is 1. The van der Waals surface area contributed by atoms with Crippen LogP contribution in [0.15, 0.2) is 53.4 Å². The second-order valence-corrected chi connectivity index (χ2v) is 6.68. The molecule has 0 saturated heterocycles. The fourth-order valence-electron chi connectivity index (χ4n) is 1.58. The summed E-state index contributed by atoms with van der Waals surface area (Å²) >= 11 is 5.74. The van der Waals surface area contributed by atoms with Crippen molar-refractivity contribution in [3.63, 3.8) is 0 Å². The smallest absolute Gasteiger partial charge is 0.196 e. The normalized spacial score (nSPS) is 11.3. The van der Waals surface area contributed by atoms with E-state index in [1.54, 1.807) is 12.1 Å². The van der Waals surface area contributed by atoms with Gasteiger partial charge in [0.05, 0.1) is 4.90 Å². The third kappa shape index (κ3) is 3.72. The van der Waals surface area contributed by atoms with Gasteiger partial charge in [0.1, 0.15) is 5.88 Å². The zero-order chi connectivity index (χ0) is 13.9.